The van der Waals surface area contributed by atoms with E-state index >= 15 is 0 Å². The van der Waals surface area contributed by atoms with Gasteiger partial charge < -0.3 is 5.32 Å². The van der Waals surface area contributed by atoms with Crippen molar-refractivity contribution in [2.45, 2.75) is 24.3 Å². The van der Waals surface area contributed by atoms with Crippen LogP contribution in [0, 0.1) is 0 Å². The quantitative estimate of drug-likeness (QED) is 0.266. The Morgan fingerprint density at radius 3 is 1.41 bits per heavy atom. The van der Waals surface area contributed by atoms with Gasteiger partial charge in [0.25, 0.3) is 5.66 Å². The molecule has 0 radical (unpaired) electrons. The lowest BCUT2D eigenvalue weighted by Gasteiger charge is -2.33. The highest BCUT2D eigenvalue weighted by atomic mass is 19.4. The van der Waals surface area contributed by atoms with Crippen LogP contribution in [0.2, 0.25) is 0 Å². The van der Waals surface area contributed by atoms with Crippen molar-refractivity contribution < 1.29 is 39.5 Å². The third-order valence-corrected chi connectivity index (χ3v) is 1.40. The summed E-state index contributed by atoms with van der Waals surface area (Å²) in [5.74, 6) is 0. The molecule has 102 valence electrons. The van der Waals surface area contributed by atoms with Crippen molar-refractivity contribution in [1.29, 1.82) is 0 Å². The van der Waals surface area contributed by atoms with Gasteiger partial charge in [-0.05, 0) is 0 Å². The molecule has 0 aliphatic carbocycles. The number of nitrogens with two attached hydrogens (primary N) is 1. The first kappa shape index (κ1) is 15.8. The summed E-state index contributed by atoms with van der Waals surface area (Å²) in [6.45, 7) is 0. The Morgan fingerprint density at radius 2 is 1.18 bits per heavy atom. The fraction of sp³-hybridized carbons (Fsp3) is 0.800. The van der Waals surface area contributed by atoms with E-state index in [2.05, 4.69) is 5.73 Å². The van der Waals surface area contributed by atoms with Crippen LogP contribution in [0.5, 0.6) is 0 Å². The number of hydrogen-bond acceptors (Lipinski definition) is 2. The molecule has 0 aromatic rings. The zero-order valence-corrected chi connectivity index (χ0v) is 7.50. The molecular weight excluding hydrogens is 273 g/mol. The largest absolute Gasteiger partial charge is 0.504 e. The molecule has 0 rings (SSSR count). The molecule has 17 heavy (non-hydrogen) atoms. The Labute approximate surface area is 87.5 Å². The van der Waals surface area contributed by atoms with Gasteiger partial charge >= 0.3 is 18.7 Å². The highest BCUT2D eigenvalue weighted by molar-refractivity contribution is 5.56. The number of rotatable bonds is 2. The maximum Gasteiger partial charge on any atom is 0.504 e. The molecule has 0 saturated heterocycles. The molecule has 0 spiro atoms. The minimum Gasteiger partial charge on any atom is -0.343 e. The van der Waals surface area contributed by atoms with Crippen molar-refractivity contribution in [2.24, 2.45) is 10.7 Å². The molecule has 3 nitrogen and oxygen atoms in total. The van der Waals surface area contributed by atoms with Crippen LogP contribution in [-0.2, 0) is 0 Å². The number of nitrogens with zero attached hydrogens (tertiary/aromatic N) is 1. The summed E-state index contributed by atoms with van der Waals surface area (Å²) >= 11 is 0. The third kappa shape index (κ3) is 3.94. The average molecular weight is 277 g/mol. The van der Waals surface area contributed by atoms with Crippen molar-refractivity contribution in [3.8, 4) is 0 Å². The van der Waals surface area contributed by atoms with Gasteiger partial charge in [0.2, 0.25) is 0 Å². The molecule has 12 heteroatoms. The normalized spacial score (nSPS) is 15.4. The Bertz CT molecular complexity index is 270. The van der Waals surface area contributed by atoms with E-state index in [4.69, 9.17) is 0 Å². The van der Waals surface area contributed by atoms with Gasteiger partial charge in [0.1, 0.15) is 0 Å². The fourth-order valence-corrected chi connectivity index (χ4v) is 0.532. The first-order valence-corrected chi connectivity index (χ1v) is 3.51. The molecule has 0 fully saturated rings. The number of hydrogen-bond donors (Lipinski definition) is 2. The first-order chi connectivity index (χ1) is 7.21. The minimum atomic E-state index is -6.05. The lowest BCUT2D eigenvalue weighted by molar-refractivity contribution is -0.301. The maximum atomic E-state index is 12.0. The van der Waals surface area contributed by atoms with Crippen LogP contribution < -0.4 is 11.1 Å². The van der Waals surface area contributed by atoms with Crippen molar-refractivity contribution in [3.63, 3.8) is 0 Å². The van der Waals surface area contributed by atoms with Crippen LogP contribution in [0.4, 0.5) is 39.5 Å². The Hall–Kier alpha value is -1.20. The van der Waals surface area contributed by atoms with E-state index in [1.807, 2.05) is 0 Å². The van der Waals surface area contributed by atoms with E-state index in [0.29, 0.717) is 5.32 Å². The van der Waals surface area contributed by atoms with Crippen molar-refractivity contribution in [1.82, 2.24) is 5.32 Å². The summed E-state index contributed by atoms with van der Waals surface area (Å²) in [6.07, 6.45) is -18.2. The monoisotopic (exact) mass is 277 g/mol. The Kier molecular flexibility index (Phi) is 3.94. The van der Waals surface area contributed by atoms with Crippen molar-refractivity contribution >= 4 is 6.34 Å². The molecule has 0 atom stereocenters. The lowest BCUT2D eigenvalue weighted by atomic mass is 10.1. The predicted octanol–water partition coefficient (Wildman–Crippen LogP) is 1.90. The smallest absolute Gasteiger partial charge is 0.343 e. The molecule has 0 aromatic carbocycles. The molecule has 0 aliphatic heterocycles. The summed E-state index contributed by atoms with van der Waals surface area (Å²) in [4.78, 5) is 1.45. The van der Waals surface area contributed by atoms with Crippen molar-refractivity contribution in [2.75, 3.05) is 0 Å². The summed E-state index contributed by atoms with van der Waals surface area (Å²) in [6, 6.07) is 0. The average Bonchev–Trinajstić information content (AvgIpc) is 1.96. The van der Waals surface area contributed by atoms with Gasteiger partial charge in [-0.1, -0.05) is 0 Å². The van der Waals surface area contributed by atoms with Crippen LogP contribution in [-0.4, -0.2) is 30.7 Å². The third-order valence-electron chi connectivity index (χ3n) is 1.40. The second kappa shape index (κ2) is 4.23. The molecule has 0 heterocycles. The summed E-state index contributed by atoms with van der Waals surface area (Å²) in [7, 11) is 0. The molecule has 0 aromatic heterocycles. The second-order valence-corrected chi connectivity index (χ2v) is 2.67. The van der Waals surface area contributed by atoms with Crippen LogP contribution in [0.15, 0.2) is 4.99 Å². The van der Waals surface area contributed by atoms with Gasteiger partial charge in [-0.2, -0.15) is 31.3 Å². The highest BCUT2D eigenvalue weighted by Crippen LogP contribution is 2.38. The standard InChI is InChI=1S/C5H4F9N3/c6-3(7,8)2(15,4(9,10)11)16-1-17-5(12,13)14/h1H,15H2,(H,16,17). The van der Waals surface area contributed by atoms with E-state index in [-0.39, 0.29) is 0 Å². The molecular formula is C5H4F9N3. The number of aliphatic imine (C=N–C) groups is 1. The van der Waals surface area contributed by atoms with Crippen LogP contribution in [0.3, 0.4) is 0 Å². The van der Waals surface area contributed by atoms with Crippen LogP contribution in [0.25, 0.3) is 0 Å². The van der Waals surface area contributed by atoms with Gasteiger partial charge in [0.15, 0.2) is 0 Å². The molecule has 0 amide bonds. The van der Waals surface area contributed by atoms with E-state index in [1.54, 1.807) is 0 Å². The van der Waals surface area contributed by atoms with Gasteiger partial charge in [-0.15, -0.1) is 13.2 Å². The summed E-state index contributed by atoms with van der Waals surface area (Å²) in [5.41, 5.74) is -1.04. The van der Waals surface area contributed by atoms with E-state index < -0.39 is 30.7 Å². The van der Waals surface area contributed by atoms with Gasteiger partial charge in [0.05, 0.1) is 6.34 Å². The zero-order chi connectivity index (χ0) is 14.1. The predicted molar refractivity (Wildman–Crippen MR) is 36.7 cm³/mol. The maximum absolute atomic E-state index is 12.0. The molecule has 0 bridgehead atoms. The second-order valence-electron chi connectivity index (χ2n) is 2.67. The van der Waals surface area contributed by atoms with E-state index in [0.717, 1.165) is 0 Å². The topological polar surface area (TPSA) is 50.4 Å². The highest BCUT2D eigenvalue weighted by Gasteiger charge is 2.69. The zero-order valence-electron chi connectivity index (χ0n) is 7.50. The van der Waals surface area contributed by atoms with Crippen molar-refractivity contribution in [3.05, 3.63) is 0 Å². The van der Waals surface area contributed by atoms with Gasteiger partial charge in [0, 0.05) is 0 Å². The van der Waals surface area contributed by atoms with Gasteiger partial charge in [-0.3, -0.25) is 5.73 Å². The first-order valence-electron chi connectivity index (χ1n) is 3.51. The van der Waals surface area contributed by atoms with Crippen LogP contribution >= 0.6 is 0 Å². The fourth-order valence-electron chi connectivity index (χ4n) is 0.532. The van der Waals surface area contributed by atoms with E-state index in [1.165, 1.54) is 4.99 Å². The molecule has 0 aliphatic rings. The summed E-state index contributed by atoms with van der Waals surface area (Å²) < 4.78 is 106. The number of alkyl halides is 9. The van der Waals surface area contributed by atoms with Gasteiger partial charge in [-0.25, -0.2) is 0 Å². The molecule has 3 N–H and O–H groups in total. The number of halogens is 9. The SMILES string of the molecule is NC(N/C=N/C(F)(F)F)(C(F)(F)F)C(F)(F)F. The minimum absolute atomic E-state index is 0.349. The molecule has 0 unspecified atom stereocenters. The number of nitrogens with one attached hydrogen (secondary N) is 1. The Morgan fingerprint density at radius 1 is 0.824 bits per heavy atom. The van der Waals surface area contributed by atoms with E-state index in [9.17, 15) is 39.5 Å². The molecule has 0 saturated carbocycles. The Balaban J connectivity index is 5.08. The van der Waals surface area contributed by atoms with Crippen LogP contribution in [0.1, 0.15) is 0 Å². The lowest BCUT2D eigenvalue weighted by Crippen LogP contribution is -2.72. The summed E-state index contributed by atoms with van der Waals surface area (Å²) in [5, 5.41) is 0.349.